The van der Waals surface area contributed by atoms with Gasteiger partial charge < -0.3 is 15.2 Å². The molecular weight excluding hydrogens is 264 g/mol. The number of aromatic amines is 1. The molecule has 0 aromatic carbocycles. The maximum atomic E-state index is 12.2. The van der Waals surface area contributed by atoms with E-state index in [1.807, 2.05) is 6.92 Å². The van der Waals surface area contributed by atoms with E-state index in [9.17, 15) is 4.79 Å². The second kappa shape index (κ2) is 7.59. The number of imidazole rings is 1. The lowest BCUT2D eigenvalue weighted by molar-refractivity contribution is -0.125. The first kappa shape index (κ1) is 16.0. The number of hydrogen-bond acceptors (Lipinski definition) is 3. The largest absolute Gasteiger partial charge is 0.356 e. The zero-order chi connectivity index (χ0) is 15.2. The minimum Gasteiger partial charge on any atom is -0.356 e. The number of nitrogens with one attached hydrogen (secondary N) is 2. The number of carbonyl (C=O) groups excluding carboxylic acids is 1. The predicted molar refractivity (Wildman–Crippen MR) is 84.3 cm³/mol. The van der Waals surface area contributed by atoms with Crippen molar-refractivity contribution < 1.29 is 4.79 Å². The molecule has 1 unspecified atom stereocenters. The van der Waals surface area contributed by atoms with Crippen LogP contribution in [0.25, 0.3) is 0 Å². The van der Waals surface area contributed by atoms with Gasteiger partial charge in [-0.1, -0.05) is 13.8 Å². The highest BCUT2D eigenvalue weighted by molar-refractivity contribution is 5.79. The summed E-state index contributed by atoms with van der Waals surface area (Å²) in [5.41, 5.74) is 2.31. The number of amides is 1. The summed E-state index contributed by atoms with van der Waals surface area (Å²) in [6.07, 6.45) is 3.66. The van der Waals surface area contributed by atoms with E-state index in [1.165, 1.54) is 0 Å². The zero-order valence-electron chi connectivity index (χ0n) is 13.5. The van der Waals surface area contributed by atoms with Crippen LogP contribution in [0.15, 0.2) is 0 Å². The Balaban J connectivity index is 1.72. The molecule has 1 heterocycles. The fourth-order valence-corrected chi connectivity index (χ4v) is 3.05. The Morgan fingerprint density at radius 3 is 2.90 bits per heavy atom. The van der Waals surface area contributed by atoms with Crippen molar-refractivity contribution in [2.75, 3.05) is 26.2 Å². The number of nitrogens with zero attached hydrogens (tertiary/aromatic N) is 2. The van der Waals surface area contributed by atoms with Gasteiger partial charge in [-0.15, -0.1) is 0 Å². The van der Waals surface area contributed by atoms with Crippen LogP contribution in [0.1, 0.15) is 43.9 Å². The van der Waals surface area contributed by atoms with Crippen molar-refractivity contribution >= 4 is 5.91 Å². The molecule has 2 rings (SSSR count). The number of aromatic nitrogens is 2. The second-order valence-electron chi connectivity index (χ2n) is 5.86. The van der Waals surface area contributed by atoms with E-state index in [1.54, 1.807) is 0 Å². The Hall–Kier alpha value is -1.36. The Labute approximate surface area is 127 Å². The first-order valence-corrected chi connectivity index (χ1v) is 8.18. The van der Waals surface area contributed by atoms with E-state index >= 15 is 0 Å². The molecule has 1 aromatic rings. The van der Waals surface area contributed by atoms with Crippen LogP contribution in [0.4, 0.5) is 0 Å². The van der Waals surface area contributed by atoms with Crippen molar-refractivity contribution in [1.29, 1.82) is 0 Å². The molecule has 1 aromatic heterocycles. The molecule has 0 saturated carbocycles. The zero-order valence-corrected chi connectivity index (χ0v) is 13.5. The first-order chi connectivity index (χ1) is 10.1. The molecule has 0 saturated heterocycles. The third kappa shape index (κ3) is 4.30. The van der Waals surface area contributed by atoms with Gasteiger partial charge in [0.05, 0.1) is 5.69 Å². The van der Waals surface area contributed by atoms with Crippen LogP contribution in [-0.2, 0) is 17.6 Å². The van der Waals surface area contributed by atoms with Crippen molar-refractivity contribution in [3.63, 3.8) is 0 Å². The van der Waals surface area contributed by atoms with Crippen LogP contribution in [0.2, 0.25) is 0 Å². The van der Waals surface area contributed by atoms with Crippen LogP contribution >= 0.6 is 0 Å². The molecule has 21 heavy (non-hydrogen) atoms. The van der Waals surface area contributed by atoms with Gasteiger partial charge in [-0.05, 0) is 45.8 Å². The average molecular weight is 292 g/mol. The maximum absolute atomic E-state index is 12.2. The third-order valence-corrected chi connectivity index (χ3v) is 4.38. The molecule has 0 radical (unpaired) electrons. The van der Waals surface area contributed by atoms with Gasteiger partial charge in [0.1, 0.15) is 5.82 Å². The third-order valence-electron chi connectivity index (χ3n) is 4.38. The molecule has 0 bridgehead atoms. The Bertz CT molecular complexity index is 465. The Kier molecular flexibility index (Phi) is 5.79. The number of H-pyrrole nitrogens is 1. The van der Waals surface area contributed by atoms with E-state index in [0.717, 1.165) is 69.1 Å². The summed E-state index contributed by atoms with van der Waals surface area (Å²) >= 11 is 0. The van der Waals surface area contributed by atoms with Crippen LogP contribution in [0, 0.1) is 12.8 Å². The summed E-state index contributed by atoms with van der Waals surface area (Å²) < 4.78 is 0. The minimum absolute atomic E-state index is 0.103. The monoisotopic (exact) mass is 292 g/mol. The van der Waals surface area contributed by atoms with E-state index in [4.69, 9.17) is 0 Å². The smallest absolute Gasteiger partial charge is 0.223 e. The average Bonchev–Trinajstić information content (AvgIpc) is 2.86. The van der Waals surface area contributed by atoms with Crippen LogP contribution < -0.4 is 5.32 Å². The highest BCUT2D eigenvalue weighted by atomic mass is 16.1. The fourth-order valence-electron chi connectivity index (χ4n) is 3.05. The molecule has 1 atom stereocenters. The maximum Gasteiger partial charge on any atom is 0.223 e. The molecule has 0 fully saturated rings. The van der Waals surface area contributed by atoms with Crippen molar-refractivity contribution in [1.82, 2.24) is 20.2 Å². The first-order valence-electron chi connectivity index (χ1n) is 8.18. The molecule has 1 aliphatic rings. The Morgan fingerprint density at radius 1 is 1.43 bits per heavy atom. The van der Waals surface area contributed by atoms with Crippen molar-refractivity contribution in [3.05, 3.63) is 17.2 Å². The highest BCUT2D eigenvalue weighted by Crippen LogP contribution is 2.23. The summed E-state index contributed by atoms with van der Waals surface area (Å²) in [7, 11) is 0. The summed E-state index contributed by atoms with van der Waals surface area (Å²) in [5.74, 6) is 1.26. The van der Waals surface area contributed by atoms with Gasteiger partial charge >= 0.3 is 0 Å². The van der Waals surface area contributed by atoms with Crippen molar-refractivity contribution in [2.24, 2.45) is 5.92 Å². The molecule has 5 heteroatoms. The van der Waals surface area contributed by atoms with Gasteiger partial charge in [-0.2, -0.15) is 0 Å². The van der Waals surface area contributed by atoms with Gasteiger partial charge in [0, 0.05) is 24.6 Å². The molecule has 1 aliphatic carbocycles. The topological polar surface area (TPSA) is 61.0 Å². The van der Waals surface area contributed by atoms with Gasteiger partial charge in [0.25, 0.3) is 0 Å². The van der Waals surface area contributed by atoms with Gasteiger partial charge in [-0.3, -0.25) is 4.79 Å². The van der Waals surface area contributed by atoms with E-state index in [-0.39, 0.29) is 11.8 Å². The van der Waals surface area contributed by atoms with Crippen LogP contribution in [0.3, 0.4) is 0 Å². The number of hydrogen-bond donors (Lipinski definition) is 2. The Morgan fingerprint density at radius 2 is 2.19 bits per heavy atom. The molecule has 0 spiro atoms. The lowest BCUT2D eigenvalue weighted by atomic mass is 9.89. The van der Waals surface area contributed by atoms with Crippen LogP contribution in [-0.4, -0.2) is 47.0 Å². The lowest BCUT2D eigenvalue weighted by Crippen LogP contribution is -2.36. The summed E-state index contributed by atoms with van der Waals surface area (Å²) in [4.78, 5) is 22.4. The minimum atomic E-state index is 0.103. The molecule has 5 nitrogen and oxygen atoms in total. The van der Waals surface area contributed by atoms with Crippen LogP contribution in [0.5, 0.6) is 0 Å². The molecule has 2 N–H and O–H groups in total. The number of carbonyl (C=O) groups is 1. The van der Waals surface area contributed by atoms with E-state index in [0.29, 0.717) is 0 Å². The van der Waals surface area contributed by atoms with Crippen molar-refractivity contribution in [3.8, 4) is 0 Å². The second-order valence-corrected chi connectivity index (χ2v) is 5.86. The van der Waals surface area contributed by atoms with Gasteiger partial charge in [0.2, 0.25) is 5.91 Å². The normalized spacial score (nSPS) is 17.8. The number of fused-ring (bicyclic) bond motifs is 1. The standard InChI is InChI=1S/C16H28N4O/c1-4-20(5-2)10-6-9-17-16(21)13-7-8-14-15(11-13)19-12(3)18-14/h13H,4-11H2,1-3H3,(H,17,21)(H,18,19). The molecule has 118 valence electrons. The predicted octanol–water partition coefficient (Wildman–Crippen LogP) is 1.67. The summed E-state index contributed by atoms with van der Waals surface area (Å²) in [6, 6.07) is 0. The summed E-state index contributed by atoms with van der Waals surface area (Å²) in [6.45, 7) is 10.3. The number of aryl methyl sites for hydroxylation is 2. The van der Waals surface area contributed by atoms with E-state index in [2.05, 4.69) is 34.0 Å². The van der Waals surface area contributed by atoms with Gasteiger partial charge in [-0.25, -0.2) is 4.98 Å². The van der Waals surface area contributed by atoms with Crippen molar-refractivity contribution in [2.45, 2.75) is 46.5 Å². The molecular formula is C16H28N4O. The van der Waals surface area contributed by atoms with E-state index < -0.39 is 0 Å². The summed E-state index contributed by atoms with van der Waals surface area (Å²) in [5, 5.41) is 3.09. The number of rotatable bonds is 7. The fraction of sp³-hybridized carbons (Fsp3) is 0.750. The van der Waals surface area contributed by atoms with Gasteiger partial charge in [0.15, 0.2) is 0 Å². The highest BCUT2D eigenvalue weighted by Gasteiger charge is 2.26. The lowest BCUT2D eigenvalue weighted by Gasteiger charge is -2.21. The SMILES string of the molecule is CCN(CC)CCCNC(=O)C1CCc2nc(C)[nH]c2C1. The molecule has 0 aliphatic heterocycles. The quantitative estimate of drug-likeness (QED) is 0.752. The molecule has 1 amide bonds.